The van der Waals surface area contributed by atoms with E-state index in [1.165, 1.54) is 24.0 Å². The van der Waals surface area contributed by atoms with Gasteiger partial charge in [0.15, 0.2) is 5.82 Å². The average Bonchev–Trinajstić information content (AvgIpc) is 3.45. The van der Waals surface area contributed by atoms with Crippen molar-refractivity contribution in [2.45, 2.75) is 19.3 Å². The fraction of sp³-hybridized carbons (Fsp3) is 0.190. The van der Waals surface area contributed by atoms with Crippen LogP contribution in [0.4, 0.5) is 0 Å². The summed E-state index contributed by atoms with van der Waals surface area (Å²) in [7, 11) is 1.39. The van der Waals surface area contributed by atoms with E-state index in [2.05, 4.69) is 4.57 Å². The molecule has 0 atom stereocenters. The Kier molecular flexibility index (Phi) is 4.18. The van der Waals surface area contributed by atoms with Gasteiger partial charge in [0.25, 0.3) is 0 Å². The number of nitrogens with zero attached hydrogens (tertiary/aromatic N) is 3. The van der Waals surface area contributed by atoms with Gasteiger partial charge < -0.3 is 9.30 Å². The average molecular weight is 410 g/mol. The number of halogens is 1. The van der Waals surface area contributed by atoms with Gasteiger partial charge in [-0.15, -0.1) is 11.3 Å². The van der Waals surface area contributed by atoms with Crippen LogP contribution in [0, 0.1) is 0 Å². The lowest BCUT2D eigenvalue weighted by Gasteiger charge is -2.12. The summed E-state index contributed by atoms with van der Waals surface area (Å²) >= 11 is 7.60. The lowest BCUT2D eigenvalue weighted by atomic mass is 10.1. The molecule has 0 aliphatic heterocycles. The minimum Gasteiger partial charge on any atom is -0.465 e. The number of rotatable bonds is 3. The maximum absolute atomic E-state index is 11.8. The van der Waals surface area contributed by atoms with E-state index in [1.54, 1.807) is 6.07 Å². The van der Waals surface area contributed by atoms with Crippen LogP contribution in [0.2, 0.25) is 4.34 Å². The largest absolute Gasteiger partial charge is 0.465 e. The predicted octanol–water partition coefficient (Wildman–Crippen LogP) is 5.08. The van der Waals surface area contributed by atoms with Gasteiger partial charge in [-0.2, -0.15) is 0 Å². The highest BCUT2D eigenvalue weighted by atomic mass is 35.5. The number of carbonyl (C=O) groups excluding carboxylic acids is 1. The van der Waals surface area contributed by atoms with Gasteiger partial charge >= 0.3 is 5.97 Å². The molecule has 1 aliphatic carbocycles. The molecule has 0 saturated heterocycles. The van der Waals surface area contributed by atoms with Crippen LogP contribution in [-0.4, -0.2) is 27.6 Å². The predicted molar refractivity (Wildman–Crippen MR) is 111 cm³/mol. The van der Waals surface area contributed by atoms with Gasteiger partial charge in [-0.05, 0) is 55.7 Å². The molecule has 5 rings (SSSR count). The molecule has 7 heteroatoms. The van der Waals surface area contributed by atoms with E-state index in [9.17, 15) is 4.79 Å². The lowest BCUT2D eigenvalue weighted by Crippen LogP contribution is -2.06. The molecule has 0 fully saturated rings. The molecule has 0 radical (unpaired) electrons. The van der Waals surface area contributed by atoms with Crippen LogP contribution in [-0.2, 0) is 17.6 Å². The van der Waals surface area contributed by atoms with Gasteiger partial charge in [0.1, 0.15) is 5.82 Å². The second-order valence-electron chi connectivity index (χ2n) is 6.70. The first kappa shape index (κ1) is 17.4. The number of hydrogen-bond acceptors (Lipinski definition) is 5. The fourth-order valence-corrected chi connectivity index (χ4v) is 4.71. The summed E-state index contributed by atoms with van der Waals surface area (Å²) in [4.78, 5) is 22.5. The minimum absolute atomic E-state index is 0.338. The quantitative estimate of drug-likeness (QED) is 0.443. The third-order valence-corrected chi connectivity index (χ3v) is 6.27. The van der Waals surface area contributed by atoms with Crippen LogP contribution in [0.25, 0.3) is 27.4 Å². The van der Waals surface area contributed by atoms with Crippen molar-refractivity contribution in [2.24, 2.45) is 0 Å². The molecule has 1 aromatic carbocycles. The van der Waals surface area contributed by atoms with Crippen molar-refractivity contribution in [3.05, 3.63) is 63.8 Å². The van der Waals surface area contributed by atoms with E-state index in [1.807, 2.05) is 36.5 Å². The minimum atomic E-state index is -0.338. The van der Waals surface area contributed by atoms with Crippen molar-refractivity contribution >= 4 is 39.8 Å². The third kappa shape index (κ3) is 2.80. The Balaban J connectivity index is 1.69. The third-order valence-electron chi connectivity index (χ3n) is 5.04. The number of esters is 1. The molecule has 1 aliphatic rings. The summed E-state index contributed by atoms with van der Waals surface area (Å²) < 4.78 is 7.64. The van der Waals surface area contributed by atoms with Gasteiger partial charge in [0.05, 0.1) is 27.4 Å². The monoisotopic (exact) mass is 409 g/mol. The first-order valence-corrected chi connectivity index (χ1v) is 10.2. The Morgan fingerprint density at radius 3 is 2.86 bits per heavy atom. The second-order valence-corrected chi connectivity index (χ2v) is 8.42. The molecular weight excluding hydrogens is 394 g/mol. The maximum atomic E-state index is 11.8. The van der Waals surface area contributed by atoms with Crippen LogP contribution in [0.3, 0.4) is 0 Å². The number of hydrogen-bond donors (Lipinski definition) is 0. The Morgan fingerprint density at radius 2 is 2.07 bits per heavy atom. The van der Waals surface area contributed by atoms with Gasteiger partial charge in [-0.3, -0.25) is 0 Å². The Hall–Kier alpha value is -2.70. The number of aromatic nitrogens is 3. The summed E-state index contributed by atoms with van der Waals surface area (Å²) in [5.74, 6) is 1.28. The summed E-state index contributed by atoms with van der Waals surface area (Å²) in [6.45, 7) is 0. The van der Waals surface area contributed by atoms with E-state index >= 15 is 0 Å². The fourth-order valence-electron chi connectivity index (χ4n) is 3.73. The van der Waals surface area contributed by atoms with Crippen LogP contribution in [0.5, 0.6) is 0 Å². The van der Waals surface area contributed by atoms with Crippen molar-refractivity contribution < 1.29 is 9.53 Å². The van der Waals surface area contributed by atoms with Crippen molar-refractivity contribution in [1.29, 1.82) is 0 Å². The second kappa shape index (κ2) is 6.72. The highest BCUT2D eigenvalue weighted by Gasteiger charge is 2.22. The topological polar surface area (TPSA) is 57.0 Å². The molecule has 3 aromatic heterocycles. The van der Waals surface area contributed by atoms with Crippen molar-refractivity contribution in [3.8, 4) is 16.5 Å². The van der Waals surface area contributed by atoms with Crippen molar-refractivity contribution in [3.63, 3.8) is 0 Å². The molecule has 4 aromatic rings. The highest BCUT2D eigenvalue weighted by Crippen LogP contribution is 2.34. The first-order chi connectivity index (χ1) is 13.6. The van der Waals surface area contributed by atoms with Gasteiger partial charge in [0, 0.05) is 22.8 Å². The molecule has 28 heavy (non-hydrogen) atoms. The zero-order valence-corrected chi connectivity index (χ0v) is 16.7. The molecule has 0 unspecified atom stereocenters. The standard InChI is InChI=1S/C21H16ClN3O2S/c1-27-21(26)13-5-6-16-12(11-13)9-10-25(16)20-14-3-2-4-15(14)23-19(24-20)17-7-8-18(22)28-17/h5-11H,2-4H2,1H3. The van der Waals surface area contributed by atoms with E-state index in [0.29, 0.717) is 11.4 Å². The molecule has 140 valence electrons. The van der Waals surface area contributed by atoms with Crippen LogP contribution < -0.4 is 0 Å². The summed E-state index contributed by atoms with van der Waals surface area (Å²) in [5, 5.41) is 0.967. The number of fused-ring (bicyclic) bond motifs is 2. The SMILES string of the molecule is COC(=O)c1ccc2c(ccn2-c2nc(-c3ccc(Cl)s3)nc3c2CCC3)c1. The molecule has 0 saturated carbocycles. The Bertz CT molecular complexity index is 1230. The van der Waals surface area contributed by atoms with E-state index in [4.69, 9.17) is 26.3 Å². The van der Waals surface area contributed by atoms with Gasteiger partial charge in [-0.1, -0.05) is 11.6 Å². The smallest absolute Gasteiger partial charge is 0.337 e. The Labute approximate surface area is 170 Å². The molecule has 0 N–H and O–H groups in total. The summed E-state index contributed by atoms with van der Waals surface area (Å²) in [6.07, 6.45) is 5.01. The molecule has 0 bridgehead atoms. The number of ether oxygens (including phenoxy) is 1. The van der Waals surface area contributed by atoms with Crippen LogP contribution >= 0.6 is 22.9 Å². The molecule has 3 heterocycles. The molecular formula is C21H16ClN3O2S. The molecule has 0 spiro atoms. The van der Waals surface area contributed by atoms with Crippen molar-refractivity contribution in [1.82, 2.24) is 14.5 Å². The van der Waals surface area contributed by atoms with Crippen molar-refractivity contribution in [2.75, 3.05) is 7.11 Å². The molecule has 5 nitrogen and oxygen atoms in total. The summed E-state index contributed by atoms with van der Waals surface area (Å²) in [6, 6.07) is 11.4. The van der Waals surface area contributed by atoms with Gasteiger partial charge in [-0.25, -0.2) is 14.8 Å². The number of carbonyl (C=O) groups is 1. The van der Waals surface area contributed by atoms with E-state index < -0.39 is 0 Å². The highest BCUT2D eigenvalue weighted by molar-refractivity contribution is 7.19. The number of benzene rings is 1. The molecule has 0 amide bonds. The Morgan fingerprint density at radius 1 is 1.18 bits per heavy atom. The zero-order chi connectivity index (χ0) is 19.3. The number of methoxy groups -OCH3 is 1. The summed E-state index contributed by atoms with van der Waals surface area (Å²) in [5.41, 5.74) is 3.84. The maximum Gasteiger partial charge on any atom is 0.337 e. The number of aryl methyl sites for hydroxylation is 1. The van der Waals surface area contributed by atoms with Crippen LogP contribution in [0.15, 0.2) is 42.6 Å². The zero-order valence-electron chi connectivity index (χ0n) is 15.1. The van der Waals surface area contributed by atoms with Gasteiger partial charge in [0.2, 0.25) is 0 Å². The first-order valence-electron chi connectivity index (χ1n) is 8.99. The van der Waals surface area contributed by atoms with E-state index in [0.717, 1.165) is 50.9 Å². The lowest BCUT2D eigenvalue weighted by molar-refractivity contribution is 0.0601. The normalized spacial score (nSPS) is 13.1. The van der Waals surface area contributed by atoms with E-state index in [-0.39, 0.29) is 5.97 Å². The number of thiophene rings is 1. The van der Waals surface area contributed by atoms with Crippen LogP contribution in [0.1, 0.15) is 28.0 Å².